The van der Waals surface area contributed by atoms with Gasteiger partial charge >= 0.3 is 0 Å². The largest absolute Gasteiger partial charge is 0.0880 e. The highest BCUT2D eigenvalue weighted by atomic mass is 35.5. The Morgan fingerprint density at radius 1 is 0.696 bits per heavy atom. The molecule has 23 heavy (non-hydrogen) atoms. The smallest absolute Gasteiger partial charge is 0.0492 e. The number of halogens is 1. The molecule has 4 rings (SSSR count). The van der Waals surface area contributed by atoms with Crippen LogP contribution in [0, 0.1) is 0 Å². The van der Waals surface area contributed by atoms with Crippen LogP contribution in [0.5, 0.6) is 0 Å². The molecule has 0 aliphatic carbocycles. The average molecular weight is 333 g/mol. The van der Waals surface area contributed by atoms with E-state index in [1.54, 1.807) is 5.37 Å². The number of hydrogen-bond acceptors (Lipinski definition) is 1. The SMILES string of the molecule is S=Cc1c(Cl)cccc1-c1cc2ccccc2c2ccccc12. The standard InChI is InChI=1S/C21H13ClS/c22-21-11-5-10-18(20(21)13-23)19-12-14-6-1-2-7-15(14)16-8-3-4-9-17(16)19/h1-13H. The molecule has 0 amide bonds. The summed E-state index contributed by atoms with van der Waals surface area (Å²) in [6.07, 6.45) is 0. The molecular formula is C21H13ClS. The predicted octanol–water partition coefficient (Wildman–Crippen LogP) is 6.66. The zero-order chi connectivity index (χ0) is 15.8. The fraction of sp³-hybridized carbons (Fsp3) is 0. The molecule has 0 N–H and O–H groups in total. The molecule has 0 nitrogen and oxygen atoms in total. The molecule has 0 atom stereocenters. The Bertz CT molecular complexity index is 1050. The molecule has 2 heteroatoms. The molecule has 0 saturated heterocycles. The fourth-order valence-electron chi connectivity index (χ4n) is 3.17. The van der Waals surface area contributed by atoms with E-state index >= 15 is 0 Å². The van der Waals surface area contributed by atoms with E-state index in [0.717, 1.165) is 16.7 Å². The first-order valence-corrected chi connectivity index (χ1v) is 8.29. The Labute approximate surface area is 145 Å². The van der Waals surface area contributed by atoms with Crippen molar-refractivity contribution in [2.75, 3.05) is 0 Å². The van der Waals surface area contributed by atoms with Crippen molar-refractivity contribution in [3.05, 3.63) is 83.4 Å². The minimum absolute atomic E-state index is 0.690. The minimum atomic E-state index is 0.690. The Kier molecular flexibility index (Phi) is 3.60. The van der Waals surface area contributed by atoms with Crippen LogP contribution in [0.2, 0.25) is 5.02 Å². The van der Waals surface area contributed by atoms with Crippen LogP contribution in [0.3, 0.4) is 0 Å². The number of fused-ring (bicyclic) bond motifs is 3. The van der Waals surface area contributed by atoms with Gasteiger partial charge in [0.05, 0.1) is 0 Å². The number of hydrogen-bond donors (Lipinski definition) is 0. The lowest BCUT2D eigenvalue weighted by atomic mass is 9.91. The van der Waals surface area contributed by atoms with E-state index < -0.39 is 0 Å². The Morgan fingerprint density at radius 2 is 1.39 bits per heavy atom. The molecule has 4 aromatic rings. The molecule has 0 radical (unpaired) electrons. The van der Waals surface area contributed by atoms with Crippen LogP contribution in [-0.2, 0) is 0 Å². The van der Waals surface area contributed by atoms with Crippen molar-refractivity contribution >= 4 is 50.7 Å². The number of thiocarbonyl (C=S) groups is 1. The molecule has 0 saturated carbocycles. The van der Waals surface area contributed by atoms with Crippen LogP contribution in [0.4, 0.5) is 0 Å². The summed E-state index contributed by atoms with van der Waals surface area (Å²) in [6.45, 7) is 0. The first-order valence-electron chi connectivity index (χ1n) is 7.44. The molecule has 0 heterocycles. The second-order valence-electron chi connectivity index (χ2n) is 5.51. The zero-order valence-electron chi connectivity index (χ0n) is 12.3. The Morgan fingerprint density at radius 3 is 2.17 bits per heavy atom. The van der Waals surface area contributed by atoms with Crippen molar-refractivity contribution in [1.82, 2.24) is 0 Å². The van der Waals surface area contributed by atoms with Gasteiger partial charge in [0.25, 0.3) is 0 Å². The van der Waals surface area contributed by atoms with Gasteiger partial charge in [0, 0.05) is 16.0 Å². The van der Waals surface area contributed by atoms with Gasteiger partial charge in [0.15, 0.2) is 0 Å². The molecule has 110 valence electrons. The highest BCUT2D eigenvalue weighted by molar-refractivity contribution is 7.79. The second-order valence-corrected chi connectivity index (χ2v) is 6.15. The third-order valence-corrected chi connectivity index (χ3v) is 4.79. The van der Waals surface area contributed by atoms with Crippen molar-refractivity contribution in [2.24, 2.45) is 0 Å². The predicted molar refractivity (Wildman–Crippen MR) is 105 cm³/mol. The van der Waals surface area contributed by atoms with E-state index in [1.807, 2.05) is 12.1 Å². The third-order valence-electron chi connectivity index (χ3n) is 4.23. The molecule has 0 spiro atoms. The van der Waals surface area contributed by atoms with Crippen LogP contribution in [0.15, 0.2) is 72.8 Å². The van der Waals surface area contributed by atoms with Gasteiger partial charge in [-0.25, -0.2) is 0 Å². The molecule has 4 aromatic carbocycles. The Balaban J connectivity index is 2.19. The second kappa shape index (κ2) is 5.77. The van der Waals surface area contributed by atoms with Crippen molar-refractivity contribution in [3.8, 4) is 11.1 Å². The summed E-state index contributed by atoms with van der Waals surface area (Å²) in [5.74, 6) is 0. The summed E-state index contributed by atoms with van der Waals surface area (Å²) in [6, 6.07) is 25.1. The minimum Gasteiger partial charge on any atom is -0.0880 e. The van der Waals surface area contributed by atoms with Crippen LogP contribution in [0.1, 0.15) is 5.56 Å². The van der Waals surface area contributed by atoms with E-state index in [4.69, 9.17) is 23.8 Å². The molecular weight excluding hydrogens is 320 g/mol. The van der Waals surface area contributed by atoms with Crippen molar-refractivity contribution < 1.29 is 0 Å². The summed E-state index contributed by atoms with van der Waals surface area (Å²) >= 11 is 11.6. The maximum atomic E-state index is 6.35. The topological polar surface area (TPSA) is 0 Å². The van der Waals surface area contributed by atoms with Gasteiger partial charge in [0.1, 0.15) is 0 Å². The van der Waals surface area contributed by atoms with Gasteiger partial charge in [-0.05, 0) is 44.8 Å². The number of benzene rings is 4. The molecule has 0 aliphatic heterocycles. The van der Waals surface area contributed by atoms with Gasteiger partial charge in [-0.2, -0.15) is 0 Å². The van der Waals surface area contributed by atoms with Crippen molar-refractivity contribution in [3.63, 3.8) is 0 Å². The summed E-state index contributed by atoms with van der Waals surface area (Å²) in [7, 11) is 0. The first kappa shape index (κ1) is 14.4. The highest BCUT2D eigenvalue weighted by Gasteiger charge is 2.12. The van der Waals surface area contributed by atoms with E-state index in [9.17, 15) is 0 Å². The van der Waals surface area contributed by atoms with E-state index in [1.165, 1.54) is 21.5 Å². The van der Waals surface area contributed by atoms with Crippen LogP contribution >= 0.6 is 23.8 Å². The number of rotatable bonds is 2. The zero-order valence-corrected chi connectivity index (χ0v) is 13.9. The summed E-state index contributed by atoms with van der Waals surface area (Å²) < 4.78 is 0. The molecule has 0 fully saturated rings. The van der Waals surface area contributed by atoms with Crippen LogP contribution in [-0.4, -0.2) is 5.37 Å². The quantitative estimate of drug-likeness (QED) is 0.292. The lowest BCUT2D eigenvalue weighted by molar-refractivity contribution is 1.64. The van der Waals surface area contributed by atoms with Gasteiger partial charge in [0.2, 0.25) is 0 Å². The average Bonchev–Trinajstić information content (AvgIpc) is 2.61. The molecule has 0 aromatic heterocycles. The molecule has 0 bridgehead atoms. The van der Waals surface area contributed by atoms with E-state index in [2.05, 4.69) is 60.7 Å². The Hall–Kier alpha value is -2.22. The monoisotopic (exact) mass is 332 g/mol. The van der Waals surface area contributed by atoms with Crippen molar-refractivity contribution in [1.29, 1.82) is 0 Å². The van der Waals surface area contributed by atoms with Gasteiger partial charge in [-0.1, -0.05) is 84.5 Å². The maximum Gasteiger partial charge on any atom is 0.0492 e. The first-order chi connectivity index (χ1) is 11.3. The fourth-order valence-corrected chi connectivity index (χ4v) is 3.72. The molecule has 0 unspecified atom stereocenters. The van der Waals surface area contributed by atoms with Gasteiger partial charge in [-0.3, -0.25) is 0 Å². The summed E-state index contributed by atoms with van der Waals surface area (Å²) in [5.41, 5.74) is 3.15. The normalized spacial score (nSPS) is 11.0. The van der Waals surface area contributed by atoms with E-state index in [0.29, 0.717) is 5.02 Å². The molecule has 0 aliphatic rings. The lowest BCUT2D eigenvalue weighted by Gasteiger charge is -2.13. The van der Waals surface area contributed by atoms with Crippen LogP contribution in [0.25, 0.3) is 32.7 Å². The van der Waals surface area contributed by atoms with Gasteiger partial charge in [-0.15, -0.1) is 0 Å². The van der Waals surface area contributed by atoms with Crippen molar-refractivity contribution in [2.45, 2.75) is 0 Å². The van der Waals surface area contributed by atoms with Crippen LogP contribution < -0.4 is 0 Å². The van der Waals surface area contributed by atoms with E-state index in [-0.39, 0.29) is 0 Å². The lowest BCUT2D eigenvalue weighted by Crippen LogP contribution is -1.90. The third kappa shape index (κ3) is 2.33. The van der Waals surface area contributed by atoms with Gasteiger partial charge < -0.3 is 0 Å². The maximum absolute atomic E-state index is 6.35. The highest BCUT2D eigenvalue weighted by Crippen LogP contribution is 2.37. The summed E-state index contributed by atoms with van der Waals surface area (Å²) in [4.78, 5) is 0. The summed E-state index contributed by atoms with van der Waals surface area (Å²) in [5, 5.41) is 7.30.